The maximum atomic E-state index is 13.5. The first-order valence-corrected chi connectivity index (χ1v) is 8.20. The van der Waals surface area contributed by atoms with E-state index < -0.39 is 11.9 Å². The molecule has 1 aromatic heterocycles. The Labute approximate surface area is 150 Å². The van der Waals surface area contributed by atoms with Crippen LogP contribution in [0.5, 0.6) is 5.75 Å². The molecule has 6 nitrogen and oxygen atoms in total. The van der Waals surface area contributed by atoms with Crippen molar-refractivity contribution >= 4 is 5.91 Å². The van der Waals surface area contributed by atoms with Crippen molar-refractivity contribution in [3.63, 3.8) is 0 Å². The lowest BCUT2D eigenvalue weighted by atomic mass is 10.2. The topological polar surface area (TPSA) is 77.2 Å². The van der Waals surface area contributed by atoms with E-state index in [0.717, 1.165) is 5.56 Å². The number of ether oxygens (including phenoxy) is 1. The highest BCUT2D eigenvalue weighted by Gasteiger charge is 2.16. The van der Waals surface area contributed by atoms with E-state index in [1.165, 1.54) is 12.1 Å². The Kier molecular flexibility index (Phi) is 5.58. The van der Waals surface area contributed by atoms with Gasteiger partial charge in [-0.3, -0.25) is 4.79 Å². The van der Waals surface area contributed by atoms with Crippen LogP contribution in [0.4, 0.5) is 4.39 Å². The van der Waals surface area contributed by atoms with Gasteiger partial charge in [-0.25, -0.2) is 4.39 Å². The predicted molar refractivity (Wildman–Crippen MR) is 92.9 cm³/mol. The van der Waals surface area contributed by atoms with Gasteiger partial charge >= 0.3 is 0 Å². The van der Waals surface area contributed by atoms with Gasteiger partial charge in [-0.2, -0.15) is 4.98 Å². The highest BCUT2D eigenvalue weighted by Crippen LogP contribution is 2.17. The van der Waals surface area contributed by atoms with Crippen molar-refractivity contribution in [1.29, 1.82) is 0 Å². The number of nitrogens with one attached hydrogen (secondary N) is 1. The predicted octanol–water partition coefficient (Wildman–Crippen LogP) is 3.00. The molecule has 0 spiro atoms. The number of para-hydroxylation sites is 1. The number of rotatable bonds is 7. The Morgan fingerprint density at radius 3 is 2.69 bits per heavy atom. The minimum Gasteiger partial charge on any atom is -0.478 e. The second kappa shape index (κ2) is 8.24. The molecule has 1 N–H and O–H groups in total. The quantitative estimate of drug-likeness (QED) is 0.705. The molecule has 1 amide bonds. The Morgan fingerprint density at radius 2 is 1.92 bits per heavy atom. The molecule has 0 aliphatic rings. The third-order valence-electron chi connectivity index (χ3n) is 3.65. The van der Waals surface area contributed by atoms with Crippen LogP contribution in [-0.2, 0) is 11.2 Å². The molecule has 1 heterocycles. The van der Waals surface area contributed by atoms with Crippen molar-refractivity contribution in [2.45, 2.75) is 19.4 Å². The minimum absolute atomic E-state index is 0.0413. The standard InChI is InChI=1S/C19H18FN3O3/c1-13(25-16-10-6-5-9-15(16)20)19(24)21-12-11-17-22-18(23-26-17)14-7-3-2-4-8-14/h2-10,13H,11-12H2,1H3,(H,21,24). The van der Waals surface area contributed by atoms with Gasteiger partial charge in [0.1, 0.15) is 0 Å². The van der Waals surface area contributed by atoms with E-state index in [2.05, 4.69) is 15.5 Å². The third kappa shape index (κ3) is 4.44. The van der Waals surface area contributed by atoms with Crippen LogP contribution < -0.4 is 10.1 Å². The molecule has 2 aromatic carbocycles. The molecule has 0 bridgehead atoms. The molecule has 0 aliphatic carbocycles. The molecular formula is C19H18FN3O3. The van der Waals surface area contributed by atoms with E-state index in [0.29, 0.717) is 24.7 Å². The number of hydrogen-bond donors (Lipinski definition) is 1. The van der Waals surface area contributed by atoms with Crippen LogP contribution in [0.1, 0.15) is 12.8 Å². The Morgan fingerprint density at radius 1 is 1.19 bits per heavy atom. The fraction of sp³-hybridized carbons (Fsp3) is 0.211. The van der Waals surface area contributed by atoms with Crippen molar-refractivity contribution < 1.29 is 18.4 Å². The Hall–Kier alpha value is -3.22. The molecule has 0 saturated heterocycles. The first-order valence-electron chi connectivity index (χ1n) is 8.20. The number of benzene rings is 2. The maximum Gasteiger partial charge on any atom is 0.260 e. The lowest BCUT2D eigenvalue weighted by Gasteiger charge is -2.14. The van der Waals surface area contributed by atoms with Crippen LogP contribution >= 0.6 is 0 Å². The molecule has 0 saturated carbocycles. The average molecular weight is 355 g/mol. The van der Waals surface area contributed by atoms with Gasteiger partial charge in [-0.05, 0) is 19.1 Å². The van der Waals surface area contributed by atoms with Gasteiger partial charge in [0.15, 0.2) is 17.7 Å². The van der Waals surface area contributed by atoms with Gasteiger partial charge in [0, 0.05) is 18.5 Å². The molecule has 3 aromatic rings. The second-order valence-electron chi connectivity index (χ2n) is 5.61. The van der Waals surface area contributed by atoms with E-state index in [1.54, 1.807) is 19.1 Å². The van der Waals surface area contributed by atoms with Gasteiger partial charge in [0.2, 0.25) is 11.7 Å². The molecule has 7 heteroatoms. The Bertz CT molecular complexity index is 867. The van der Waals surface area contributed by atoms with E-state index >= 15 is 0 Å². The fourth-order valence-electron chi connectivity index (χ4n) is 2.28. The normalized spacial score (nSPS) is 11.8. The van der Waals surface area contributed by atoms with Crippen molar-refractivity contribution in [3.05, 3.63) is 66.3 Å². The monoisotopic (exact) mass is 355 g/mol. The summed E-state index contributed by atoms with van der Waals surface area (Å²) in [6.07, 6.45) is -0.438. The molecule has 0 fully saturated rings. The van der Waals surface area contributed by atoms with Gasteiger partial charge in [0.25, 0.3) is 5.91 Å². The fourth-order valence-corrected chi connectivity index (χ4v) is 2.28. The third-order valence-corrected chi connectivity index (χ3v) is 3.65. The van der Waals surface area contributed by atoms with Gasteiger partial charge < -0.3 is 14.6 Å². The Balaban J connectivity index is 1.48. The van der Waals surface area contributed by atoms with Crippen molar-refractivity contribution in [1.82, 2.24) is 15.5 Å². The summed E-state index contributed by atoms with van der Waals surface area (Å²) in [6, 6.07) is 15.4. The largest absolute Gasteiger partial charge is 0.478 e. The molecule has 0 radical (unpaired) electrons. The number of aromatic nitrogens is 2. The number of halogens is 1. The van der Waals surface area contributed by atoms with Gasteiger partial charge in [-0.1, -0.05) is 47.6 Å². The highest BCUT2D eigenvalue weighted by molar-refractivity contribution is 5.80. The first-order chi connectivity index (χ1) is 12.6. The molecule has 3 rings (SSSR count). The zero-order valence-corrected chi connectivity index (χ0v) is 14.2. The molecule has 0 aliphatic heterocycles. The summed E-state index contributed by atoms with van der Waals surface area (Å²) in [5, 5.41) is 6.63. The lowest BCUT2D eigenvalue weighted by Crippen LogP contribution is -2.37. The molecule has 26 heavy (non-hydrogen) atoms. The summed E-state index contributed by atoms with van der Waals surface area (Å²) in [6.45, 7) is 1.86. The van der Waals surface area contributed by atoms with E-state index in [-0.39, 0.29) is 11.7 Å². The summed E-state index contributed by atoms with van der Waals surface area (Å²) in [5.74, 6) is 0.108. The summed E-state index contributed by atoms with van der Waals surface area (Å²) in [7, 11) is 0. The second-order valence-corrected chi connectivity index (χ2v) is 5.61. The van der Waals surface area contributed by atoms with Gasteiger partial charge in [-0.15, -0.1) is 0 Å². The van der Waals surface area contributed by atoms with Crippen LogP contribution in [0.3, 0.4) is 0 Å². The number of amides is 1. The maximum absolute atomic E-state index is 13.5. The number of carbonyl (C=O) groups is 1. The zero-order chi connectivity index (χ0) is 18.4. The van der Waals surface area contributed by atoms with Crippen LogP contribution in [0.25, 0.3) is 11.4 Å². The summed E-state index contributed by atoms with van der Waals surface area (Å²) in [5.41, 5.74) is 0.860. The molecule has 1 unspecified atom stereocenters. The average Bonchev–Trinajstić information content (AvgIpc) is 3.13. The van der Waals surface area contributed by atoms with Crippen LogP contribution in [0, 0.1) is 5.82 Å². The van der Waals surface area contributed by atoms with Crippen LogP contribution in [-0.4, -0.2) is 28.7 Å². The molecule has 1 atom stereocenters. The van der Waals surface area contributed by atoms with E-state index in [9.17, 15) is 9.18 Å². The number of hydrogen-bond acceptors (Lipinski definition) is 5. The smallest absolute Gasteiger partial charge is 0.260 e. The molecule has 134 valence electrons. The lowest BCUT2D eigenvalue weighted by molar-refractivity contribution is -0.127. The van der Waals surface area contributed by atoms with Crippen molar-refractivity contribution in [2.75, 3.05) is 6.54 Å². The summed E-state index contributed by atoms with van der Waals surface area (Å²) < 4.78 is 24.1. The summed E-state index contributed by atoms with van der Waals surface area (Å²) >= 11 is 0. The van der Waals surface area contributed by atoms with E-state index in [4.69, 9.17) is 9.26 Å². The van der Waals surface area contributed by atoms with Crippen molar-refractivity contribution in [3.8, 4) is 17.1 Å². The first kappa shape index (κ1) is 17.6. The van der Waals surface area contributed by atoms with Gasteiger partial charge in [0.05, 0.1) is 0 Å². The minimum atomic E-state index is -0.825. The summed E-state index contributed by atoms with van der Waals surface area (Å²) in [4.78, 5) is 16.3. The SMILES string of the molecule is CC(Oc1ccccc1F)C(=O)NCCc1nc(-c2ccccc2)no1. The number of carbonyl (C=O) groups excluding carboxylic acids is 1. The highest BCUT2D eigenvalue weighted by atomic mass is 19.1. The van der Waals surface area contributed by atoms with Crippen molar-refractivity contribution in [2.24, 2.45) is 0 Å². The van der Waals surface area contributed by atoms with E-state index in [1.807, 2.05) is 30.3 Å². The zero-order valence-electron chi connectivity index (χ0n) is 14.2. The molecular weight excluding hydrogens is 337 g/mol. The number of nitrogens with zero attached hydrogens (tertiary/aromatic N) is 2. The van der Waals surface area contributed by atoms with Crippen LogP contribution in [0.2, 0.25) is 0 Å². The van der Waals surface area contributed by atoms with Crippen LogP contribution in [0.15, 0.2) is 59.1 Å².